The number of ether oxygens (including phenoxy) is 2. The molecular weight excluding hydrogens is 344 g/mol. The zero-order valence-corrected chi connectivity index (χ0v) is 15.3. The van der Waals surface area contributed by atoms with Crippen LogP contribution in [0.2, 0.25) is 5.02 Å². The summed E-state index contributed by atoms with van der Waals surface area (Å²) in [4.78, 5) is 20.3. The van der Waals surface area contributed by atoms with Gasteiger partial charge in [-0.15, -0.1) is 0 Å². The molecule has 134 valence electrons. The lowest BCUT2D eigenvalue weighted by molar-refractivity contribution is 0.0944. The summed E-state index contributed by atoms with van der Waals surface area (Å²) < 4.78 is 10.5. The molecule has 0 unspecified atom stereocenters. The van der Waals surface area contributed by atoms with Crippen LogP contribution in [0, 0.1) is 5.92 Å². The summed E-state index contributed by atoms with van der Waals surface area (Å²) in [5.41, 5.74) is 0.883. The highest BCUT2D eigenvalue weighted by Crippen LogP contribution is 2.37. The van der Waals surface area contributed by atoms with E-state index < -0.39 is 0 Å². The number of aromatic nitrogens is 2. The van der Waals surface area contributed by atoms with Gasteiger partial charge in [-0.2, -0.15) is 0 Å². The van der Waals surface area contributed by atoms with Crippen LogP contribution in [0.25, 0.3) is 0 Å². The van der Waals surface area contributed by atoms with Crippen molar-refractivity contribution in [1.29, 1.82) is 0 Å². The summed E-state index contributed by atoms with van der Waals surface area (Å²) in [5, 5.41) is 6.34. The van der Waals surface area contributed by atoms with E-state index in [2.05, 4.69) is 20.6 Å². The lowest BCUT2D eigenvalue weighted by Crippen LogP contribution is -2.28. The van der Waals surface area contributed by atoms with Crippen molar-refractivity contribution in [1.82, 2.24) is 15.3 Å². The van der Waals surface area contributed by atoms with Gasteiger partial charge in [-0.05, 0) is 5.92 Å². The van der Waals surface area contributed by atoms with Crippen molar-refractivity contribution in [3.05, 3.63) is 35.2 Å². The normalized spacial score (nSPS) is 10.5. The quantitative estimate of drug-likeness (QED) is 0.784. The third-order valence-electron chi connectivity index (χ3n) is 3.31. The Hall–Kier alpha value is -2.54. The van der Waals surface area contributed by atoms with Crippen LogP contribution in [0.1, 0.15) is 24.3 Å². The fraction of sp³-hybridized carbons (Fsp3) is 0.353. The van der Waals surface area contributed by atoms with Gasteiger partial charge in [0.05, 0.1) is 24.9 Å². The van der Waals surface area contributed by atoms with Crippen LogP contribution in [-0.2, 0) is 0 Å². The third-order valence-corrected chi connectivity index (χ3v) is 3.60. The van der Waals surface area contributed by atoms with Gasteiger partial charge in [0.2, 0.25) is 0 Å². The molecule has 0 atom stereocenters. The summed E-state index contributed by atoms with van der Waals surface area (Å²) in [6, 6.07) is 4.90. The monoisotopic (exact) mass is 364 g/mol. The minimum absolute atomic E-state index is 0.250. The lowest BCUT2D eigenvalue weighted by Gasteiger charge is -2.14. The van der Waals surface area contributed by atoms with Gasteiger partial charge in [-0.25, -0.2) is 9.97 Å². The molecule has 0 saturated heterocycles. The number of anilines is 2. The summed E-state index contributed by atoms with van der Waals surface area (Å²) in [5.74, 6) is 1.57. The fourth-order valence-corrected chi connectivity index (χ4v) is 2.26. The van der Waals surface area contributed by atoms with E-state index >= 15 is 0 Å². The number of hydrogen-bond acceptors (Lipinski definition) is 6. The van der Waals surface area contributed by atoms with Gasteiger partial charge in [0.25, 0.3) is 5.91 Å². The second-order valence-corrected chi connectivity index (χ2v) is 6.11. The first-order valence-corrected chi connectivity index (χ1v) is 8.11. The largest absolute Gasteiger partial charge is 0.495 e. The molecule has 0 spiro atoms. The van der Waals surface area contributed by atoms with Crippen LogP contribution >= 0.6 is 11.6 Å². The van der Waals surface area contributed by atoms with Crippen molar-refractivity contribution >= 4 is 29.0 Å². The van der Waals surface area contributed by atoms with E-state index in [4.69, 9.17) is 21.1 Å². The van der Waals surface area contributed by atoms with E-state index in [0.29, 0.717) is 40.5 Å². The first kappa shape index (κ1) is 18.8. The lowest BCUT2D eigenvalue weighted by atomic mass is 10.2. The predicted octanol–water partition coefficient (Wildman–Crippen LogP) is 3.28. The standard InChI is InChI=1S/C17H21ClN4O3/c1-10(2)8-19-17(23)13-7-16(21-9-20-13)22-12-6-14(24-3)11(18)5-15(12)25-4/h5-7,9-10H,8H2,1-4H3,(H,19,23)(H,20,21,22). The van der Waals surface area contributed by atoms with Crippen LogP contribution in [0.5, 0.6) is 11.5 Å². The predicted molar refractivity (Wildman–Crippen MR) is 97.0 cm³/mol. The van der Waals surface area contributed by atoms with Crippen LogP contribution in [0.4, 0.5) is 11.5 Å². The summed E-state index contributed by atoms with van der Waals surface area (Å²) in [6.45, 7) is 4.62. The number of nitrogens with one attached hydrogen (secondary N) is 2. The number of benzene rings is 1. The van der Waals surface area contributed by atoms with Crippen LogP contribution in [0.15, 0.2) is 24.5 Å². The van der Waals surface area contributed by atoms with Gasteiger partial charge in [-0.1, -0.05) is 25.4 Å². The van der Waals surface area contributed by atoms with E-state index in [1.54, 1.807) is 18.2 Å². The highest BCUT2D eigenvalue weighted by Gasteiger charge is 2.13. The molecule has 0 aliphatic carbocycles. The highest BCUT2D eigenvalue weighted by atomic mass is 35.5. The molecule has 7 nitrogen and oxygen atoms in total. The molecule has 2 aromatic rings. The molecule has 2 rings (SSSR count). The smallest absolute Gasteiger partial charge is 0.270 e. The van der Waals surface area contributed by atoms with Crippen molar-refractivity contribution in [2.45, 2.75) is 13.8 Å². The fourth-order valence-electron chi connectivity index (χ4n) is 2.03. The molecular formula is C17H21ClN4O3. The van der Waals surface area contributed by atoms with E-state index in [1.807, 2.05) is 13.8 Å². The third kappa shape index (κ3) is 4.96. The van der Waals surface area contributed by atoms with E-state index in [0.717, 1.165) is 0 Å². The Labute approximate surface area is 151 Å². The maximum absolute atomic E-state index is 12.1. The highest BCUT2D eigenvalue weighted by molar-refractivity contribution is 6.32. The van der Waals surface area contributed by atoms with Crippen molar-refractivity contribution in [2.24, 2.45) is 5.92 Å². The number of halogens is 1. The van der Waals surface area contributed by atoms with Gasteiger partial charge in [-0.3, -0.25) is 4.79 Å². The number of carbonyl (C=O) groups is 1. The molecule has 0 saturated carbocycles. The van der Waals surface area contributed by atoms with Crippen LogP contribution in [-0.4, -0.2) is 36.6 Å². The van der Waals surface area contributed by atoms with E-state index in [-0.39, 0.29) is 11.6 Å². The molecule has 25 heavy (non-hydrogen) atoms. The molecule has 0 fully saturated rings. The molecule has 1 aromatic heterocycles. The molecule has 1 heterocycles. The molecule has 2 N–H and O–H groups in total. The summed E-state index contributed by atoms with van der Waals surface area (Å²) in [6.07, 6.45) is 1.33. The minimum atomic E-state index is -0.250. The Kier molecular flexibility index (Phi) is 6.41. The number of hydrogen-bond donors (Lipinski definition) is 2. The number of carbonyl (C=O) groups excluding carboxylic acids is 1. The average Bonchev–Trinajstić information content (AvgIpc) is 2.60. The van der Waals surface area contributed by atoms with Crippen molar-refractivity contribution in [3.63, 3.8) is 0 Å². The number of methoxy groups -OCH3 is 2. The van der Waals surface area contributed by atoms with Crippen molar-refractivity contribution in [2.75, 3.05) is 26.1 Å². The maximum Gasteiger partial charge on any atom is 0.270 e. The molecule has 0 aliphatic rings. The average molecular weight is 365 g/mol. The molecule has 1 aromatic carbocycles. The van der Waals surface area contributed by atoms with Gasteiger partial charge in [0.15, 0.2) is 0 Å². The van der Waals surface area contributed by atoms with Gasteiger partial charge < -0.3 is 20.1 Å². The zero-order valence-electron chi connectivity index (χ0n) is 14.6. The molecule has 0 aliphatic heterocycles. The zero-order chi connectivity index (χ0) is 18.4. The first-order valence-electron chi connectivity index (χ1n) is 7.73. The van der Waals surface area contributed by atoms with Crippen LogP contribution in [0.3, 0.4) is 0 Å². The Bertz CT molecular complexity index is 753. The molecule has 1 amide bonds. The molecule has 0 radical (unpaired) electrons. The Balaban J connectivity index is 2.23. The van der Waals surface area contributed by atoms with Crippen LogP contribution < -0.4 is 20.1 Å². The SMILES string of the molecule is COc1cc(Nc2cc(C(=O)NCC(C)C)ncn2)c(OC)cc1Cl. The van der Waals surface area contributed by atoms with Crippen molar-refractivity contribution < 1.29 is 14.3 Å². The van der Waals surface area contributed by atoms with E-state index in [9.17, 15) is 4.79 Å². The minimum Gasteiger partial charge on any atom is -0.495 e. The number of amides is 1. The molecule has 0 bridgehead atoms. The van der Waals surface area contributed by atoms with Gasteiger partial charge >= 0.3 is 0 Å². The Morgan fingerprint density at radius 1 is 1.16 bits per heavy atom. The van der Waals surface area contributed by atoms with Gasteiger partial charge in [0, 0.05) is 24.7 Å². The Morgan fingerprint density at radius 2 is 1.88 bits per heavy atom. The Morgan fingerprint density at radius 3 is 2.52 bits per heavy atom. The van der Waals surface area contributed by atoms with E-state index in [1.165, 1.54) is 20.5 Å². The second kappa shape index (κ2) is 8.53. The first-order chi connectivity index (χ1) is 11.9. The number of nitrogens with zero attached hydrogens (tertiary/aromatic N) is 2. The topological polar surface area (TPSA) is 85.4 Å². The number of rotatable bonds is 7. The van der Waals surface area contributed by atoms with Gasteiger partial charge in [0.1, 0.15) is 29.3 Å². The summed E-state index contributed by atoms with van der Waals surface area (Å²) in [7, 11) is 3.06. The molecule has 8 heteroatoms. The summed E-state index contributed by atoms with van der Waals surface area (Å²) >= 11 is 6.10. The maximum atomic E-state index is 12.1. The van der Waals surface area contributed by atoms with Crippen molar-refractivity contribution in [3.8, 4) is 11.5 Å². The second-order valence-electron chi connectivity index (χ2n) is 5.70.